The van der Waals surface area contributed by atoms with Crippen molar-refractivity contribution in [3.8, 4) is 11.3 Å². The van der Waals surface area contributed by atoms with Crippen molar-refractivity contribution in [2.24, 2.45) is 0 Å². The van der Waals surface area contributed by atoms with Gasteiger partial charge in [0.2, 0.25) is 0 Å². The van der Waals surface area contributed by atoms with Crippen molar-refractivity contribution in [2.45, 2.75) is 29.6 Å². The highest BCUT2D eigenvalue weighted by molar-refractivity contribution is 8.09. The van der Waals surface area contributed by atoms with Gasteiger partial charge in [0.25, 0.3) is 0 Å². The molecule has 2 aliphatic rings. The predicted molar refractivity (Wildman–Crippen MR) is 107 cm³/mol. The van der Waals surface area contributed by atoms with E-state index in [1.165, 1.54) is 25.2 Å². The molecule has 2 nitrogen and oxygen atoms in total. The molecule has 0 spiro atoms. The average Bonchev–Trinajstić information content (AvgIpc) is 2.65. The molecule has 1 aliphatic heterocycles. The number of nitrogens with zero attached hydrogens (tertiary/aromatic N) is 2. The topological polar surface area (TPSA) is 25.8 Å². The van der Waals surface area contributed by atoms with E-state index in [1.54, 1.807) is 0 Å². The normalized spacial score (nSPS) is 16.0. The number of allylic oxidation sites excluding steroid dienone is 3. The van der Waals surface area contributed by atoms with Crippen LogP contribution in [0.4, 0.5) is 0 Å². The summed E-state index contributed by atoms with van der Waals surface area (Å²) >= 11 is 3.80. The lowest BCUT2D eigenvalue weighted by Crippen LogP contribution is -2.00. The van der Waals surface area contributed by atoms with Crippen molar-refractivity contribution in [1.82, 2.24) is 9.97 Å². The van der Waals surface area contributed by atoms with E-state index in [-0.39, 0.29) is 0 Å². The second kappa shape index (κ2) is 6.04. The van der Waals surface area contributed by atoms with E-state index in [0.717, 1.165) is 35.3 Å². The first-order valence-electron chi connectivity index (χ1n) is 8.42. The summed E-state index contributed by atoms with van der Waals surface area (Å²) in [5.74, 6) is 0. The van der Waals surface area contributed by atoms with Crippen LogP contribution in [0.15, 0.2) is 74.2 Å². The quantitative estimate of drug-likeness (QED) is 0.504. The third kappa shape index (κ3) is 2.60. The summed E-state index contributed by atoms with van der Waals surface area (Å²) in [5, 5.41) is 0. The Kier molecular flexibility index (Phi) is 3.68. The summed E-state index contributed by atoms with van der Waals surface area (Å²) in [7, 11) is 0. The molecule has 25 heavy (non-hydrogen) atoms. The fourth-order valence-electron chi connectivity index (χ4n) is 3.29. The Balaban J connectivity index is 1.68. The maximum Gasteiger partial charge on any atom is 0.0934 e. The highest BCUT2D eigenvalue weighted by Gasteiger charge is 2.24. The second-order valence-corrected chi connectivity index (χ2v) is 8.40. The van der Waals surface area contributed by atoms with E-state index in [9.17, 15) is 0 Å². The van der Waals surface area contributed by atoms with Crippen molar-refractivity contribution in [1.29, 1.82) is 0 Å². The molecule has 0 amide bonds. The van der Waals surface area contributed by atoms with Gasteiger partial charge in [-0.3, -0.25) is 0 Å². The first kappa shape index (κ1) is 15.2. The molecule has 0 fully saturated rings. The number of thioether (sulfide) groups is 2. The zero-order valence-corrected chi connectivity index (χ0v) is 15.5. The summed E-state index contributed by atoms with van der Waals surface area (Å²) in [6, 6.07) is 14.6. The van der Waals surface area contributed by atoms with Crippen LogP contribution in [0.2, 0.25) is 0 Å². The van der Waals surface area contributed by atoms with E-state index in [0.29, 0.717) is 0 Å². The fourth-order valence-corrected chi connectivity index (χ4v) is 5.83. The van der Waals surface area contributed by atoms with Crippen molar-refractivity contribution >= 4 is 34.6 Å². The molecule has 0 saturated carbocycles. The highest BCUT2D eigenvalue weighted by Crippen LogP contribution is 2.52. The van der Waals surface area contributed by atoms with Crippen LogP contribution in [-0.4, -0.2) is 9.97 Å². The molecule has 1 aromatic heterocycles. The summed E-state index contributed by atoms with van der Waals surface area (Å²) in [4.78, 5) is 15.3. The molecule has 0 atom stereocenters. The van der Waals surface area contributed by atoms with Crippen molar-refractivity contribution in [3.63, 3.8) is 0 Å². The molecule has 0 bridgehead atoms. The summed E-state index contributed by atoms with van der Waals surface area (Å²) in [5.41, 5.74) is 5.10. The maximum absolute atomic E-state index is 4.94. The first-order valence-corrected chi connectivity index (χ1v) is 10.0. The van der Waals surface area contributed by atoms with Gasteiger partial charge in [0.05, 0.1) is 22.4 Å². The number of hydrogen-bond acceptors (Lipinski definition) is 4. The van der Waals surface area contributed by atoms with Crippen LogP contribution < -0.4 is 0 Å². The van der Waals surface area contributed by atoms with Gasteiger partial charge in [-0.15, -0.1) is 0 Å². The van der Waals surface area contributed by atoms with Gasteiger partial charge in [0.15, 0.2) is 0 Å². The minimum atomic E-state index is 0.953. The van der Waals surface area contributed by atoms with Gasteiger partial charge in [-0.2, -0.15) is 0 Å². The van der Waals surface area contributed by atoms with Gasteiger partial charge in [-0.1, -0.05) is 59.9 Å². The Morgan fingerprint density at radius 2 is 1.76 bits per heavy atom. The van der Waals surface area contributed by atoms with Crippen molar-refractivity contribution in [3.05, 3.63) is 70.1 Å². The lowest BCUT2D eigenvalue weighted by atomic mass is 10.1. The molecule has 2 aromatic carbocycles. The van der Waals surface area contributed by atoms with Gasteiger partial charge < -0.3 is 0 Å². The van der Waals surface area contributed by atoms with E-state index in [4.69, 9.17) is 9.97 Å². The van der Waals surface area contributed by atoms with Crippen LogP contribution in [-0.2, 0) is 0 Å². The van der Waals surface area contributed by atoms with E-state index in [1.807, 2.05) is 47.8 Å². The van der Waals surface area contributed by atoms with E-state index >= 15 is 0 Å². The van der Waals surface area contributed by atoms with Crippen LogP contribution in [0, 0.1) is 6.92 Å². The van der Waals surface area contributed by atoms with Gasteiger partial charge in [-0.25, -0.2) is 9.97 Å². The predicted octanol–water partition coefficient (Wildman–Crippen LogP) is 6.36. The molecule has 0 saturated heterocycles. The third-order valence-electron chi connectivity index (χ3n) is 4.51. The SMILES string of the molecule is Cc1nc2ccccc2nc1-c1cccc2c1SC1=C(C=CCC1)S2. The Labute approximate surface area is 155 Å². The van der Waals surface area contributed by atoms with Gasteiger partial charge >= 0.3 is 0 Å². The number of hydrogen-bond donors (Lipinski definition) is 0. The molecule has 5 rings (SSSR count). The number of fused-ring (bicyclic) bond motifs is 2. The molecule has 1 aliphatic carbocycles. The van der Waals surface area contributed by atoms with Crippen LogP contribution in [0.1, 0.15) is 18.5 Å². The van der Waals surface area contributed by atoms with Crippen LogP contribution in [0.25, 0.3) is 22.3 Å². The molecular formula is C21H16N2S2. The number of aromatic nitrogens is 2. The number of para-hydroxylation sites is 2. The number of aryl methyl sites for hydroxylation is 1. The molecule has 122 valence electrons. The molecule has 0 radical (unpaired) electrons. The Morgan fingerprint density at radius 3 is 2.64 bits per heavy atom. The summed E-state index contributed by atoms with van der Waals surface area (Å²) in [6.45, 7) is 2.06. The van der Waals surface area contributed by atoms with Crippen LogP contribution in [0.3, 0.4) is 0 Å². The zero-order chi connectivity index (χ0) is 16.8. The summed E-state index contributed by atoms with van der Waals surface area (Å²) in [6.07, 6.45) is 6.83. The third-order valence-corrected chi connectivity index (χ3v) is 7.24. The maximum atomic E-state index is 4.94. The lowest BCUT2D eigenvalue weighted by Gasteiger charge is -2.24. The van der Waals surface area contributed by atoms with Gasteiger partial charge in [0, 0.05) is 25.2 Å². The van der Waals surface area contributed by atoms with E-state index in [2.05, 4.69) is 37.3 Å². The molecule has 4 heteroatoms. The average molecular weight is 361 g/mol. The second-order valence-electron chi connectivity index (χ2n) is 6.21. The lowest BCUT2D eigenvalue weighted by molar-refractivity contribution is 1.01. The first-order chi connectivity index (χ1) is 12.3. The van der Waals surface area contributed by atoms with E-state index < -0.39 is 0 Å². The highest BCUT2D eigenvalue weighted by atomic mass is 32.2. The fraction of sp³-hybridized carbons (Fsp3) is 0.143. The zero-order valence-electron chi connectivity index (χ0n) is 13.8. The number of benzene rings is 2. The number of rotatable bonds is 1. The smallest absolute Gasteiger partial charge is 0.0934 e. The van der Waals surface area contributed by atoms with Crippen molar-refractivity contribution in [2.75, 3.05) is 0 Å². The molecule has 3 aromatic rings. The molecular weight excluding hydrogens is 344 g/mol. The molecule has 2 heterocycles. The van der Waals surface area contributed by atoms with Crippen LogP contribution in [0.5, 0.6) is 0 Å². The van der Waals surface area contributed by atoms with Gasteiger partial charge in [-0.05, 0) is 38.0 Å². The monoisotopic (exact) mass is 360 g/mol. The minimum absolute atomic E-state index is 0.953. The van der Waals surface area contributed by atoms with Gasteiger partial charge in [0.1, 0.15) is 0 Å². The molecule has 0 unspecified atom stereocenters. The Bertz CT molecular complexity index is 1070. The Hall–Kier alpha value is -2.04. The summed E-state index contributed by atoms with van der Waals surface area (Å²) < 4.78 is 0. The van der Waals surface area contributed by atoms with Crippen LogP contribution >= 0.6 is 23.5 Å². The minimum Gasteiger partial charge on any atom is -0.249 e. The molecule has 0 N–H and O–H groups in total. The largest absolute Gasteiger partial charge is 0.249 e. The van der Waals surface area contributed by atoms with Crippen molar-refractivity contribution < 1.29 is 0 Å². The standard InChI is InChI=1S/C21H16N2S2/c1-13-20(23-16-9-3-2-8-15(16)22-13)14-7-6-12-19-21(14)25-18-11-5-4-10-17(18)24-19/h2-4,6-10,12H,5,11H2,1H3. The Morgan fingerprint density at radius 1 is 0.920 bits per heavy atom.